The number of aromatic amines is 1. The number of rotatable bonds is 3. The van der Waals surface area contributed by atoms with E-state index in [-0.39, 0.29) is 11.9 Å². The van der Waals surface area contributed by atoms with Crippen molar-refractivity contribution in [1.82, 2.24) is 15.3 Å². The van der Waals surface area contributed by atoms with Crippen LogP contribution in [0.4, 0.5) is 11.6 Å². The van der Waals surface area contributed by atoms with Crippen molar-refractivity contribution in [1.29, 1.82) is 0 Å². The Kier molecular flexibility index (Phi) is 2.55. The topological polar surface area (TPSA) is 95.8 Å². The van der Waals surface area contributed by atoms with Crippen LogP contribution in [0.25, 0.3) is 11.0 Å². The molecule has 1 fully saturated rings. The van der Waals surface area contributed by atoms with Crippen LogP contribution in [-0.4, -0.2) is 28.5 Å². The minimum Gasteiger partial charge on any atom is -0.399 e. The molecule has 1 aromatic heterocycles. The number of nitrogens with one attached hydrogen (secondary N) is 3. The van der Waals surface area contributed by atoms with Crippen LogP contribution >= 0.6 is 0 Å². The molecule has 1 unspecified atom stereocenters. The molecule has 0 saturated carbocycles. The lowest BCUT2D eigenvalue weighted by Crippen LogP contribution is -2.32. The van der Waals surface area contributed by atoms with Gasteiger partial charge in [-0.15, -0.1) is 0 Å². The minimum atomic E-state index is 0.124. The van der Waals surface area contributed by atoms with Crippen molar-refractivity contribution < 1.29 is 4.79 Å². The molecule has 2 heterocycles. The van der Waals surface area contributed by atoms with E-state index in [1.165, 1.54) is 0 Å². The number of nitrogen functional groups attached to an aromatic ring is 1. The maximum Gasteiger partial charge on any atom is 0.220 e. The number of amides is 1. The summed E-state index contributed by atoms with van der Waals surface area (Å²) in [6, 6.07) is 5.74. The molecule has 18 heavy (non-hydrogen) atoms. The molecule has 0 aliphatic carbocycles. The zero-order chi connectivity index (χ0) is 12.5. The molecule has 0 spiro atoms. The summed E-state index contributed by atoms with van der Waals surface area (Å²) in [6.07, 6.45) is 1.49. The van der Waals surface area contributed by atoms with Gasteiger partial charge >= 0.3 is 0 Å². The molecule has 5 N–H and O–H groups in total. The smallest absolute Gasteiger partial charge is 0.220 e. The van der Waals surface area contributed by atoms with Crippen LogP contribution in [-0.2, 0) is 4.79 Å². The molecule has 1 amide bonds. The van der Waals surface area contributed by atoms with Crippen molar-refractivity contribution in [2.24, 2.45) is 0 Å². The van der Waals surface area contributed by atoms with Gasteiger partial charge in [-0.1, -0.05) is 0 Å². The Morgan fingerprint density at radius 2 is 2.39 bits per heavy atom. The molecule has 6 heteroatoms. The Labute approximate surface area is 104 Å². The van der Waals surface area contributed by atoms with Gasteiger partial charge in [-0.05, 0) is 24.6 Å². The number of anilines is 2. The number of carbonyl (C=O) groups is 1. The van der Waals surface area contributed by atoms with Crippen molar-refractivity contribution in [3.05, 3.63) is 18.2 Å². The first-order valence-electron chi connectivity index (χ1n) is 5.99. The summed E-state index contributed by atoms with van der Waals surface area (Å²) >= 11 is 0. The Bertz CT molecular complexity index is 591. The number of fused-ring (bicyclic) bond motifs is 1. The van der Waals surface area contributed by atoms with E-state index in [1.807, 2.05) is 18.2 Å². The van der Waals surface area contributed by atoms with Gasteiger partial charge in [0.25, 0.3) is 0 Å². The number of imidazole rings is 1. The van der Waals surface area contributed by atoms with Gasteiger partial charge in [0.2, 0.25) is 11.9 Å². The van der Waals surface area contributed by atoms with Gasteiger partial charge in [-0.2, -0.15) is 0 Å². The van der Waals surface area contributed by atoms with Crippen LogP contribution in [0.1, 0.15) is 12.8 Å². The number of benzene rings is 1. The molecule has 2 aromatic rings. The lowest BCUT2D eigenvalue weighted by Gasteiger charge is -2.09. The van der Waals surface area contributed by atoms with Crippen molar-refractivity contribution in [2.75, 3.05) is 17.6 Å². The summed E-state index contributed by atoms with van der Waals surface area (Å²) in [5.41, 5.74) is 8.20. The zero-order valence-electron chi connectivity index (χ0n) is 9.86. The van der Waals surface area contributed by atoms with Crippen molar-refractivity contribution in [2.45, 2.75) is 18.9 Å². The van der Waals surface area contributed by atoms with Crippen LogP contribution in [0.15, 0.2) is 18.2 Å². The largest absolute Gasteiger partial charge is 0.399 e. The number of H-pyrrole nitrogens is 1. The van der Waals surface area contributed by atoms with Gasteiger partial charge in [0.15, 0.2) is 0 Å². The summed E-state index contributed by atoms with van der Waals surface area (Å²) < 4.78 is 0. The fourth-order valence-electron chi connectivity index (χ4n) is 2.16. The Balaban J connectivity index is 1.69. The van der Waals surface area contributed by atoms with E-state index in [0.717, 1.165) is 17.5 Å². The first-order valence-corrected chi connectivity index (χ1v) is 5.99. The van der Waals surface area contributed by atoms with Crippen LogP contribution in [0.3, 0.4) is 0 Å². The maximum absolute atomic E-state index is 11.1. The van der Waals surface area contributed by atoms with Gasteiger partial charge in [0.1, 0.15) is 0 Å². The maximum atomic E-state index is 11.1. The molecule has 3 rings (SSSR count). The van der Waals surface area contributed by atoms with Gasteiger partial charge in [-0.3, -0.25) is 4.79 Å². The molecule has 94 valence electrons. The van der Waals surface area contributed by atoms with Crippen LogP contribution < -0.4 is 16.4 Å². The zero-order valence-corrected chi connectivity index (χ0v) is 9.86. The van der Waals surface area contributed by atoms with Crippen molar-refractivity contribution in [3.8, 4) is 0 Å². The standard InChI is InChI=1S/C12H15N5O/c13-7-1-3-9-10(5-7)17-12(16-9)14-6-8-2-4-11(18)15-8/h1,3,5,8H,2,4,6,13H2,(H,15,18)(H2,14,16,17). The molecule has 0 bridgehead atoms. The van der Waals surface area contributed by atoms with Gasteiger partial charge in [0, 0.05) is 24.7 Å². The predicted molar refractivity (Wildman–Crippen MR) is 70.2 cm³/mol. The third kappa shape index (κ3) is 2.09. The fraction of sp³-hybridized carbons (Fsp3) is 0.333. The lowest BCUT2D eigenvalue weighted by molar-refractivity contribution is -0.119. The number of hydrogen-bond donors (Lipinski definition) is 4. The fourth-order valence-corrected chi connectivity index (χ4v) is 2.16. The number of nitrogens with two attached hydrogens (primary N) is 1. The Morgan fingerprint density at radius 3 is 3.17 bits per heavy atom. The monoisotopic (exact) mass is 245 g/mol. The van der Waals surface area contributed by atoms with E-state index in [4.69, 9.17) is 5.73 Å². The van der Waals surface area contributed by atoms with E-state index in [2.05, 4.69) is 20.6 Å². The quantitative estimate of drug-likeness (QED) is 0.602. The van der Waals surface area contributed by atoms with E-state index in [1.54, 1.807) is 0 Å². The molecule has 0 radical (unpaired) electrons. The van der Waals surface area contributed by atoms with E-state index in [0.29, 0.717) is 24.6 Å². The van der Waals surface area contributed by atoms with E-state index in [9.17, 15) is 4.79 Å². The molecule has 1 aliphatic heterocycles. The number of carbonyl (C=O) groups excluding carboxylic acids is 1. The highest BCUT2D eigenvalue weighted by Gasteiger charge is 2.20. The summed E-state index contributed by atoms with van der Waals surface area (Å²) in [4.78, 5) is 18.6. The molecule has 1 atom stereocenters. The van der Waals surface area contributed by atoms with Gasteiger partial charge < -0.3 is 21.4 Å². The molecule has 6 nitrogen and oxygen atoms in total. The molecule has 1 saturated heterocycles. The van der Waals surface area contributed by atoms with E-state index >= 15 is 0 Å². The minimum absolute atomic E-state index is 0.124. The van der Waals surface area contributed by atoms with Crippen LogP contribution in [0.2, 0.25) is 0 Å². The summed E-state index contributed by atoms with van der Waals surface area (Å²) in [6.45, 7) is 0.682. The SMILES string of the molecule is Nc1ccc2nc(NCC3CCC(=O)N3)[nH]c2c1. The van der Waals surface area contributed by atoms with Crippen molar-refractivity contribution in [3.63, 3.8) is 0 Å². The highest BCUT2D eigenvalue weighted by Crippen LogP contribution is 2.17. The second-order valence-corrected chi connectivity index (χ2v) is 4.55. The number of nitrogens with zero attached hydrogens (tertiary/aromatic N) is 1. The number of hydrogen-bond acceptors (Lipinski definition) is 4. The Hall–Kier alpha value is -2.24. The van der Waals surface area contributed by atoms with Crippen molar-refractivity contribution >= 4 is 28.6 Å². The first kappa shape index (κ1) is 10.9. The average Bonchev–Trinajstić information content (AvgIpc) is 2.92. The van der Waals surface area contributed by atoms with Crippen LogP contribution in [0, 0.1) is 0 Å². The average molecular weight is 245 g/mol. The Morgan fingerprint density at radius 1 is 1.50 bits per heavy atom. The summed E-state index contributed by atoms with van der Waals surface area (Å²) in [5.74, 6) is 0.830. The second kappa shape index (κ2) is 4.21. The molecular weight excluding hydrogens is 230 g/mol. The third-order valence-electron chi connectivity index (χ3n) is 3.11. The summed E-state index contributed by atoms with van der Waals surface area (Å²) in [7, 11) is 0. The first-order chi connectivity index (χ1) is 8.70. The van der Waals surface area contributed by atoms with E-state index < -0.39 is 0 Å². The number of aromatic nitrogens is 2. The van der Waals surface area contributed by atoms with Gasteiger partial charge in [0.05, 0.1) is 11.0 Å². The van der Waals surface area contributed by atoms with Crippen LogP contribution in [0.5, 0.6) is 0 Å². The third-order valence-corrected chi connectivity index (χ3v) is 3.11. The summed E-state index contributed by atoms with van der Waals surface area (Å²) in [5, 5.41) is 6.10. The van der Waals surface area contributed by atoms with Gasteiger partial charge in [-0.25, -0.2) is 4.98 Å². The molecule has 1 aliphatic rings. The normalized spacial score (nSPS) is 19.1. The highest BCUT2D eigenvalue weighted by molar-refractivity contribution is 5.81. The second-order valence-electron chi connectivity index (χ2n) is 4.55. The molecular formula is C12H15N5O. The highest BCUT2D eigenvalue weighted by atomic mass is 16.1. The lowest BCUT2D eigenvalue weighted by atomic mass is 10.2. The predicted octanol–water partition coefficient (Wildman–Crippen LogP) is 0.836. The molecule has 1 aromatic carbocycles.